The second-order valence-electron chi connectivity index (χ2n) is 10.4. The van der Waals surface area contributed by atoms with Crippen LogP contribution in [0.4, 0.5) is 0 Å². The summed E-state index contributed by atoms with van der Waals surface area (Å²) < 4.78 is 2.08. The molecule has 2 atom stereocenters. The molecule has 2 bridgehead atoms. The molecule has 1 aromatic heterocycles. The summed E-state index contributed by atoms with van der Waals surface area (Å²) in [5.74, 6) is 2.25. The number of rotatable bonds is 4. The first-order valence-corrected chi connectivity index (χ1v) is 11.8. The van der Waals surface area contributed by atoms with E-state index >= 15 is 0 Å². The highest BCUT2D eigenvalue weighted by Crippen LogP contribution is 2.52. The number of likely N-dealkylation sites (tertiary alicyclic amines) is 1. The first-order valence-electron chi connectivity index (χ1n) is 10.6. The number of aromatic hydroxyl groups is 1. The molecule has 0 spiro atoms. The minimum Gasteiger partial charge on any atom is -0.503 e. The van der Waals surface area contributed by atoms with Crippen molar-refractivity contribution in [3.05, 3.63) is 27.7 Å². The summed E-state index contributed by atoms with van der Waals surface area (Å²) in [6, 6.07) is 2.18. The van der Waals surface area contributed by atoms with Gasteiger partial charge in [-0.2, -0.15) is 11.8 Å². The van der Waals surface area contributed by atoms with Crippen molar-refractivity contribution in [1.82, 2.24) is 14.4 Å². The Morgan fingerprint density at radius 1 is 1.18 bits per heavy atom. The molecule has 6 heteroatoms. The fourth-order valence-electron chi connectivity index (χ4n) is 6.07. The highest BCUT2D eigenvalue weighted by atomic mass is 32.2. The number of nitrogens with zero attached hydrogens (tertiary/aromatic N) is 3. The van der Waals surface area contributed by atoms with Gasteiger partial charge in [-0.3, -0.25) is 14.6 Å². The lowest BCUT2D eigenvalue weighted by Gasteiger charge is -2.40. The van der Waals surface area contributed by atoms with Crippen LogP contribution < -0.4 is 5.43 Å². The van der Waals surface area contributed by atoms with Crippen LogP contribution in [-0.4, -0.2) is 56.7 Å². The molecule has 3 fully saturated rings. The van der Waals surface area contributed by atoms with E-state index in [2.05, 4.69) is 35.1 Å². The molecule has 0 aromatic carbocycles. The molecular weight excluding hydrogens is 370 g/mol. The molecule has 156 valence electrons. The number of hydrogen-bond acceptors (Lipinski definition) is 5. The third-order valence-electron chi connectivity index (χ3n) is 7.01. The number of aromatic nitrogens is 1. The topological polar surface area (TPSA) is 48.7 Å². The van der Waals surface area contributed by atoms with Gasteiger partial charge >= 0.3 is 0 Å². The molecule has 2 saturated heterocycles. The van der Waals surface area contributed by atoms with Gasteiger partial charge in [0.05, 0.1) is 5.69 Å². The summed E-state index contributed by atoms with van der Waals surface area (Å²) in [5.41, 5.74) is 2.28. The third kappa shape index (κ3) is 4.01. The van der Waals surface area contributed by atoms with Gasteiger partial charge in [-0.05, 0) is 30.1 Å². The van der Waals surface area contributed by atoms with Gasteiger partial charge in [-0.25, -0.2) is 0 Å². The van der Waals surface area contributed by atoms with Gasteiger partial charge in [-0.15, -0.1) is 0 Å². The first-order chi connectivity index (χ1) is 13.2. The van der Waals surface area contributed by atoms with E-state index in [0.29, 0.717) is 23.4 Å². The number of thioether (sulfide) groups is 1. The third-order valence-corrected chi connectivity index (χ3v) is 7.95. The number of pyridine rings is 1. The van der Waals surface area contributed by atoms with Crippen LogP contribution in [0.25, 0.3) is 0 Å². The molecule has 4 rings (SSSR count). The summed E-state index contributed by atoms with van der Waals surface area (Å²) in [6.45, 7) is 11.8. The van der Waals surface area contributed by atoms with Gasteiger partial charge < -0.3 is 9.67 Å². The Morgan fingerprint density at radius 3 is 2.61 bits per heavy atom. The normalized spacial score (nSPS) is 30.6. The second-order valence-corrected chi connectivity index (χ2v) is 11.6. The Morgan fingerprint density at radius 2 is 1.89 bits per heavy atom. The maximum atomic E-state index is 12.5. The van der Waals surface area contributed by atoms with Gasteiger partial charge in [0.2, 0.25) is 5.43 Å². The Bertz CT molecular complexity index is 800. The van der Waals surface area contributed by atoms with Crippen LogP contribution in [0.1, 0.15) is 51.4 Å². The van der Waals surface area contributed by atoms with Crippen LogP contribution in [-0.2, 0) is 20.1 Å². The Hall–Kier alpha value is -0.980. The zero-order chi connectivity index (χ0) is 20.1. The number of fused-ring (bicyclic) bond motifs is 2. The van der Waals surface area contributed by atoms with Crippen molar-refractivity contribution < 1.29 is 5.11 Å². The smallest absolute Gasteiger partial charge is 0.223 e. The molecule has 1 N–H and O–H groups in total. The van der Waals surface area contributed by atoms with Crippen LogP contribution in [0.3, 0.4) is 0 Å². The SMILES string of the molecule is Cn1c(CN2CCSCC2)cc(=O)c(O)c1CN1C[C@]2(C)C[C@H]1CC(C)(C)C2. The van der Waals surface area contributed by atoms with Crippen LogP contribution in [0, 0.1) is 10.8 Å². The lowest BCUT2D eigenvalue weighted by Crippen LogP contribution is -2.36. The lowest BCUT2D eigenvalue weighted by molar-refractivity contribution is 0.126. The van der Waals surface area contributed by atoms with E-state index in [4.69, 9.17) is 0 Å². The molecule has 5 nitrogen and oxygen atoms in total. The van der Waals surface area contributed by atoms with E-state index in [1.165, 1.54) is 19.3 Å². The van der Waals surface area contributed by atoms with E-state index in [-0.39, 0.29) is 11.2 Å². The molecule has 1 aliphatic carbocycles. The molecule has 1 saturated carbocycles. The highest BCUT2D eigenvalue weighted by Gasteiger charge is 2.49. The summed E-state index contributed by atoms with van der Waals surface area (Å²) >= 11 is 1.99. The van der Waals surface area contributed by atoms with Crippen molar-refractivity contribution in [2.24, 2.45) is 17.9 Å². The predicted molar refractivity (Wildman–Crippen MR) is 116 cm³/mol. The number of hydrogen-bond donors (Lipinski definition) is 1. The van der Waals surface area contributed by atoms with E-state index < -0.39 is 0 Å². The van der Waals surface area contributed by atoms with Gasteiger partial charge in [0.15, 0.2) is 5.75 Å². The average molecular weight is 406 g/mol. The minimum atomic E-state index is -0.233. The van der Waals surface area contributed by atoms with Crippen molar-refractivity contribution in [3.8, 4) is 5.75 Å². The highest BCUT2D eigenvalue weighted by molar-refractivity contribution is 7.99. The van der Waals surface area contributed by atoms with Gasteiger partial charge in [0, 0.05) is 69.1 Å². The fraction of sp³-hybridized carbons (Fsp3) is 0.773. The van der Waals surface area contributed by atoms with E-state index in [1.54, 1.807) is 6.07 Å². The van der Waals surface area contributed by atoms with Crippen molar-refractivity contribution in [2.45, 2.75) is 59.2 Å². The van der Waals surface area contributed by atoms with Gasteiger partial charge in [0.1, 0.15) is 0 Å². The maximum Gasteiger partial charge on any atom is 0.223 e. The second kappa shape index (κ2) is 7.37. The molecule has 0 unspecified atom stereocenters. The zero-order valence-electron chi connectivity index (χ0n) is 17.8. The van der Waals surface area contributed by atoms with Crippen LogP contribution in [0.15, 0.2) is 10.9 Å². The summed E-state index contributed by atoms with van der Waals surface area (Å²) in [5, 5.41) is 10.6. The molecular formula is C22H35N3O2S. The Kier molecular flexibility index (Phi) is 5.34. The maximum absolute atomic E-state index is 12.5. The molecule has 3 aliphatic rings. The van der Waals surface area contributed by atoms with E-state index in [0.717, 1.165) is 49.1 Å². The molecule has 1 aromatic rings. The molecule has 2 aliphatic heterocycles. The van der Waals surface area contributed by atoms with Crippen molar-refractivity contribution in [2.75, 3.05) is 31.1 Å². The van der Waals surface area contributed by atoms with Crippen LogP contribution in [0.2, 0.25) is 0 Å². The molecule has 0 amide bonds. The zero-order valence-corrected chi connectivity index (χ0v) is 18.6. The molecule has 0 radical (unpaired) electrons. The predicted octanol–water partition coefficient (Wildman–Crippen LogP) is 3.04. The molecule has 28 heavy (non-hydrogen) atoms. The van der Waals surface area contributed by atoms with Gasteiger partial charge in [-0.1, -0.05) is 20.8 Å². The Labute approximate surface area is 173 Å². The van der Waals surface area contributed by atoms with E-state index in [1.807, 2.05) is 18.8 Å². The van der Waals surface area contributed by atoms with Crippen molar-refractivity contribution in [3.63, 3.8) is 0 Å². The quantitative estimate of drug-likeness (QED) is 0.834. The minimum absolute atomic E-state index is 0.0636. The average Bonchev–Trinajstić information content (AvgIpc) is 2.85. The van der Waals surface area contributed by atoms with E-state index in [9.17, 15) is 9.90 Å². The largest absolute Gasteiger partial charge is 0.503 e. The van der Waals surface area contributed by atoms with Crippen LogP contribution >= 0.6 is 11.8 Å². The summed E-state index contributed by atoms with van der Waals surface area (Å²) in [7, 11) is 2.01. The molecule has 3 heterocycles. The van der Waals surface area contributed by atoms with Gasteiger partial charge in [0.25, 0.3) is 0 Å². The van der Waals surface area contributed by atoms with Crippen molar-refractivity contribution >= 4 is 11.8 Å². The summed E-state index contributed by atoms with van der Waals surface area (Å²) in [4.78, 5) is 17.5. The standard InChI is InChI=1S/C22H35N3O2S/c1-21(2)10-17-11-22(3,14-21)15-25(17)13-18-20(27)19(26)9-16(23(18)4)12-24-5-7-28-8-6-24/h9,17,27H,5-8,10-15H2,1-4H3/t17-,22-/m1/s1. The monoisotopic (exact) mass is 405 g/mol. The van der Waals surface area contributed by atoms with Crippen LogP contribution in [0.5, 0.6) is 5.75 Å². The fourth-order valence-corrected chi connectivity index (χ4v) is 7.04. The van der Waals surface area contributed by atoms with Crippen molar-refractivity contribution in [1.29, 1.82) is 0 Å². The Balaban J connectivity index is 1.58. The first kappa shape index (κ1) is 20.3. The lowest BCUT2D eigenvalue weighted by atomic mass is 9.65. The summed E-state index contributed by atoms with van der Waals surface area (Å²) in [6.07, 6.45) is 3.68.